The van der Waals surface area contributed by atoms with Crippen LogP contribution in [0.2, 0.25) is 0 Å². The molecule has 1 fully saturated rings. The lowest BCUT2D eigenvalue weighted by molar-refractivity contribution is -0.126. The maximum Gasteiger partial charge on any atom is 0.238 e. The molecule has 1 aliphatic carbocycles. The van der Waals surface area contributed by atoms with Gasteiger partial charge in [-0.05, 0) is 65.1 Å². The van der Waals surface area contributed by atoms with Crippen molar-refractivity contribution in [1.29, 1.82) is 0 Å². The van der Waals surface area contributed by atoms with Gasteiger partial charge in [0.2, 0.25) is 5.91 Å². The van der Waals surface area contributed by atoms with E-state index < -0.39 is 5.54 Å². The summed E-state index contributed by atoms with van der Waals surface area (Å²) in [6, 6.07) is 0.568. The molecule has 0 saturated heterocycles. The number of carbonyl (C=O) groups is 1. The standard InChI is InChI=1S/C16H33N3O/c1-5-11-19(13(3)4)12-9-14-8-7-10-16(14,15(17)20)18-6-2/h13-14,18H,5-12H2,1-4H3,(H2,17,20). The third-order valence-electron chi connectivity index (χ3n) is 4.76. The van der Waals surface area contributed by atoms with Crippen LogP contribution < -0.4 is 11.1 Å². The molecular weight excluding hydrogens is 250 g/mol. The molecule has 0 aromatic rings. The number of hydrogen-bond donors (Lipinski definition) is 2. The number of primary amides is 1. The first-order valence-corrected chi connectivity index (χ1v) is 8.26. The van der Waals surface area contributed by atoms with Crippen molar-refractivity contribution in [2.24, 2.45) is 11.7 Å². The number of amides is 1. The van der Waals surface area contributed by atoms with Gasteiger partial charge in [-0.3, -0.25) is 4.79 Å². The Morgan fingerprint density at radius 1 is 1.40 bits per heavy atom. The highest BCUT2D eigenvalue weighted by Gasteiger charge is 2.46. The maximum atomic E-state index is 12.0. The van der Waals surface area contributed by atoms with Gasteiger partial charge in [-0.2, -0.15) is 0 Å². The summed E-state index contributed by atoms with van der Waals surface area (Å²) in [7, 11) is 0. The molecule has 1 rings (SSSR count). The van der Waals surface area contributed by atoms with Gasteiger partial charge in [-0.1, -0.05) is 20.3 Å². The first kappa shape index (κ1) is 17.4. The van der Waals surface area contributed by atoms with Gasteiger partial charge in [0.25, 0.3) is 0 Å². The summed E-state index contributed by atoms with van der Waals surface area (Å²) in [6.07, 6.45) is 5.37. The largest absolute Gasteiger partial charge is 0.368 e. The van der Waals surface area contributed by atoms with Gasteiger partial charge in [0, 0.05) is 6.04 Å². The first-order chi connectivity index (χ1) is 9.47. The number of carbonyl (C=O) groups excluding carboxylic acids is 1. The van der Waals surface area contributed by atoms with E-state index in [9.17, 15) is 4.79 Å². The van der Waals surface area contributed by atoms with Crippen LogP contribution in [0.5, 0.6) is 0 Å². The van der Waals surface area contributed by atoms with Gasteiger partial charge >= 0.3 is 0 Å². The summed E-state index contributed by atoms with van der Waals surface area (Å²) in [5.41, 5.74) is 5.26. The van der Waals surface area contributed by atoms with Gasteiger partial charge < -0.3 is 16.0 Å². The van der Waals surface area contributed by atoms with Gasteiger partial charge in [0.15, 0.2) is 0 Å². The van der Waals surface area contributed by atoms with E-state index in [1.165, 1.54) is 6.42 Å². The fourth-order valence-corrected chi connectivity index (χ4v) is 3.67. The molecule has 0 aliphatic heterocycles. The predicted octanol–water partition coefficient (Wildman–Crippen LogP) is 2.13. The van der Waals surface area contributed by atoms with Crippen LogP contribution in [0.15, 0.2) is 0 Å². The summed E-state index contributed by atoms with van der Waals surface area (Å²) >= 11 is 0. The normalized spacial score (nSPS) is 26.6. The van der Waals surface area contributed by atoms with Crippen molar-refractivity contribution in [3.8, 4) is 0 Å². The molecule has 20 heavy (non-hydrogen) atoms. The zero-order valence-electron chi connectivity index (χ0n) is 13.7. The maximum absolute atomic E-state index is 12.0. The molecule has 118 valence electrons. The smallest absolute Gasteiger partial charge is 0.238 e. The number of nitrogens with zero attached hydrogens (tertiary/aromatic N) is 1. The first-order valence-electron chi connectivity index (χ1n) is 8.26. The molecule has 0 spiro atoms. The van der Waals surface area contributed by atoms with Gasteiger partial charge in [0.05, 0.1) is 0 Å². The third-order valence-corrected chi connectivity index (χ3v) is 4.76. The molecule has 2 unspecified atom stereocenters. The van der Waals surface area contributed by atoms with Crippen LogP contribution >= 0.6 is 0 Å². The Morgan fingerprint density at radius 3 is 2.60 bits per heavy atom. The molecule has 4 heteroatoms. The number of hydrogen-bond acceptors (Lipinski definition) is 3. The third kappa shape index (κ3) is 3.95. The lowest BCUT2D eigenvalue weighted by Gasteiger charge is -2.35. The predicted molar refractivity (Wildman–Crippen MR) is 84.6 cm³/mol. The van der Waals surface area contributed by atoms with Crippen LogP contribution in [0.3, 0.4) is 0 Å². The van der Waals surface area contributed by atoms with Crippen molar-refractivity contribution in [2.45, 2.75) is 71.4 Å². The monoisotopic (exact) mass is 283 g/mol. The Hall–Kier alpha value is -0.610. The molecule has 0 bridgehead atoms. The average Bonchev–Trinajstić information content (AvgIpc) is 2.79. The van der Waals surface area contributed by atoms with Gasteiger partial charge in [-0.25, -0.2) is 0 Å². The summed E-state index contributed by atoms with van der Waals surface area (Å²) < 4.78 is 0. The lowest BCUT2D eigenvalue weighted by atomic mass is 9.83. The summed E-state index contributed by atoms with van der Waals surface area (Å²) in [5, 5.41) is 3.40. The molecule has 3 N–H and O–H groups in total. The molecule has 1 amide bonds. The fraction of sp³-hybridized carbons (Fsp3) is 0.938. The van der Waals surface area contributed by atoms with Crippen molar-refractivity contribution >= 4 is 5.91 Å². The van der Waals surface area contributed by atoms with E-state index in [1.54, 1.807) is 0 Å². The average molecular weight is 283 g/mol. The van der Waals surface area contributed by atoms with Crippen LogP contribution in [0.4, 0.5) is 0 Å². The zero-order valence-corrected chi connectivity index (χ0v) is 13.7. The lowest BCUT2D eigenvalue weighted by Crippen LogP contribution is -2.58. The van der Waals surface area contributed by atoms with Crippen molar-refractivity contribution in [3.63, 3.8) is 0 Å². The molecule has 1 saturated carbocycles. The van der Waals surface area contributed by atoms with Crippen molar-refractivity contribution in [3.05, 3.63) is 0 Å². The number of nitrogens with two attached hydrogens (primary N) is 1. The zero-order chi connectivity index (χ0) is 15.2. The Labute approximate surface area is 124 Å². The highest BCUT2D eigenvalue weighted by molar-refractivity contribution is 5.85. The summed E-state index contributed by atoms with van der Waals surface area (Å²) in [6.45, 7) is 11.8. The second-order valence-electron chi connectivity index (χ2n) is 6.37. The van der Waals surface area contributed by atoms with Crippen molar-refractivity contribution < 1.29 is 4.79 Å². The minimum absolute atomic E-state index is 0.159. The Balaban J connectivity index is 2.66. The van der Waals surface area contributed by atoms with Gasteiger partial charge in [-0.15, -0.1) is 0 Å². The molecule has 1 aliphatic rings. The Bertz CT molecular complexity index is 306. The number of rotatable bonds is 9. The number of likely N-dealkylation sites (N-methyl/N-ethyl adjacent to an activating group) is 1. The van der Waals surface area contributed by atoms with E-state index in [4.69, 9.17) is 5.73 Å². The van der Waals surface area contributed by atoms with E-state index in [0.717, 1.165) is 45.3 Å². The Morgan fingerprint density at radius 2 is 2.10 bits per heavy atom. The van der Waals surface area contributed by atoms with Gasteiger partial charge in [0.1, 0.15) is 5.54 Å². The highest BCUT2D eigenvalue weighted by atomic mass is 16.1. The summed E-state index contributed by atoms with van der Waals surface area (Å²) in [4.78, 5) is 14.5. The minimum Gasteiger partial charge on any atom is -0.368 e. The molecule has 4 nitrogen and oxygen atoms in total. The van der Waals surface area contributed by atoms with E-state index in [1.807, 2.05) is 0 Å². The fourth-order valence-electron chi connectivity index (χ4n) is 3.67. The minimum atomic E-state index is -0.455. The molecule has 0 aromatic carbocycles. The van der Waals surface area contributed by atoms with Crippen LogP contribution in [0.1, 0.15) is 59.8 Å². The highest BCUT2D eigenvalue weighted by Crippen LogP contribution is 2.38. The van der Waals surface area contributed by atoms with E-state index in [2.05, 4.69) is 37.9 Å². The molecule has 2 atom stereocenters. The van der Waals surface area contributed by atoms with Crippen molar-refractivity contribution in [2.75, 3.05) is 19.6 Å². The molecular formula is C16H33N3O. The van der Waals surface area contributed by atoms with Crippen LogP contribution in [-0.2, 0) is 4.79 Å². The molecule has 0 heterocycles. The quantitative estimate of drug-likeness (QED) is 0.681. The molecule has 0 radical (unpaired) electrons. The second kappa shape index (κ2) is 7.99. The van der Waals surface area contributed by atoms with E-state index >= 15 is 0 Å². The molecule has 0 aromatic heterocycles. The number of nitrogens with one attached hydrogen (secondary N) is 1. The van der Waals surface area contributed by atoms with Crippen LogP contribution in [-0.4, -0.2) is 42.0 Å². The second-order valence-corrected chi connectivity index (χ2v) is 6.37. The van der Waals surface area contributed by atoms with Crippen molar-refractivity contribution in [1.82, 2.24) is 10.2 Å². The van der Waals surface area contributed by atoms with Crippen LogP contribution in [0, 0.1) is 5.92 Å². The van der Waals surface area contributed by atoms with E-state index in [-0.39, 0.29) is 5.91 Å². The topological polar surface area (TPSA) is 58.4 Å². The SMILES string of the molecule is CCCN(CCC1CCCC1(NCC)C(N)=O)C(C)C. The summed E-state index contributed by atoms with van der Waals surface area (Å²) in [5.74, 6) is 0.228. The van der Waals surface area contributed by atoms with Crippen LogP contribution in [0.25, 0.3) is 0 Å². The van der Waals surface area contributed by atoms with E-state index in [0.29, 0.717) is 12.0 Å². The Kier molecular flexibility index (Phi) is 6.96.